The summed E-state index contributed by atoms with van der Waals surface area (Å²) in [6.07, 6.45) is 5.22. The second-order valence-corrected chi connectivity index (χ2v) is 14.0. The van der Waals surface area contributed by atoms with Gasteiger partial charge in [0, 0.05) is 38.1 Å². The van der Waals surface area contributed by atoms with Gasteiger partial charge in [-0.05, 0) is 74.9 Å². The molecule has 0 aromatic heterocycles. The number of amides is 1. The highest BCUT2D eigenvalue weighted by molar-refractivity contribution is 7.91. The number of nitrogens with zero attached hydrogens (tertiary/aromatic N) is 3. The number of piperazine rings is 1. The lowest BCUT2D eigenvalue weighted by molar-refractivity contribution is -0.138. The summed E-state index contributed by atoms with van der Waals surface area (Å²) in [5, 5.41) is 0. The van der Waals surface area contributed by atoms with Crippen molar-refractivity contribution < 1.29 is 21.6 Å². The minimum absolute atomic E-state index is 0.0564. The predicted molar refractivity (Wildman–Crippen MR) is 125 cm³/mol. The third-order valence-electron chi connectivity index (χ3n) is 7.86. The Morgan fingerprint density at radius 2 is 1.61 bits per heavy atom. The number of sulfonamides is 1. The zero-order chi connectivity index (χ0) is 23.2. The predicted octanol–water partition coefficient (Wildman–Crippen LogP) is 0.907. The first-order valence-electron chi connectivity index (χ1n) is 12.1. The smallest absolute Gasteiger partial charge is 0.243 e. The van der Waals surface area contributed by atoms with Gasteiger partial charge < -0.3 is 4.90 Å². The molecule has 33 heavy (non-hydrogen) atoms. The summed E-state index contributed by atoms with van der Waals surface area (Å²) < 4.78 is 51.3. The summed E-state index contributed by atoms with van der Waals surface area (Å²) in [5.41, 5.74) is 2.40. The first kappa shape index (κ1) is 23.3. The van der Waals surface area contributed by atoms with E-state index in [2.05, 4.69) is 4.90 Å². The second-order valence-electron chi connectivity index (χ2n) is 9.88. The number of sulfone groups is 1. The monoisotopic (exact) mass is 495 g/mol. The van der Waals surface area contributed by atoms with Crippen LogP contribution in [0.4, 0.5) is 0 Å². The fourth-order valence-corrected chi connectivity index (χ4v) is 9.07. The average molecular weight is 496 g/mol. The molecule has 0 bridgehead atoms. The molecule has 1 aliphatic carbocycles. The van der Waals surface area contributed by atoms with Gasteiger partial charge in [-0.25, -0.2) is 16.8 Å². The SMILES string of the molecule is O=C(C1CCN([C@@H]2CCS(=O)(=O)C2)CC1)N1CCN(S(=O)(=O)c2ccc3c(c2)CCC3)CC1. The lowest BCUT2D eigenvalue weighted by Gasteiger charge is -2.39. The van der Waals surface area contributed by atoms with Crippen LogP contribution in [0.15, 0.2) is 23.1 Å². The molecule has 0 radical (unpaired) electrons. The van der Waals surface area contributed by atoms with Crippen LogP contribution in [0.25, 0.3) is 0 Å². The summed E-state index contributed by atoms with van der Waals surface area (Å²) in [4.78, 5) is 17.5. The number of rotatable bonds is 4. The highest BCUT2D eigenvalue weighted by Gasteiger charge is 2.37. The molecule has 5 rings (SSSR count). The van der Waals surface area contributed by atoms with E-state index in [0.717, 1.165) is 50.8 Å². The molecule has 3 saturated heterocycles. The Kier molecular flexibility index (Phi) is 6.30. The van der Waals surface area contributed by atoms with Crippen LogP contribution >= 0.6 is 0 Å². The van der Waals surface area contributed by atoms with Crippen LogP contribution in [0, 0.1) is 5.92 Å². The molecular weight excluding hydrogens is 462 g/mol. The van der Waals surface area contributed by atoms with E-state index in [-0.39, 0.29) is 29.4 Å². The molecule has 1 aromatic carbocycles. The van der Waals surface area contributed by atoms with Crippen molar-refractivity contribution in [2.75, 3.05) is 50.8 Å². The second kappa shape index (κ2) is 8.94. The number of carbonyl (C=O) groups excluding carboxylic acids is 1. The van der Waals surface area contributed by atoms with Crippen LogP contribution in [0.1, 0.15) is 36.8 Å². The molecule has 182 valence electrons. The Bertz CT molecular complexity index is 1120. The number of likely N-dealkylation sites (tertiary alicyclic amines) is 1. The Balaban J connectivity index is 1.14. The van der Waals surface area contributed by atoms with Crippen LogP contribution in [0.2, 0.25) is 0 Å². The fraction of sp³-hybridized carbons (Fsp3) is 0.696. The van der Waals surface area contributed by atoms with E-state index in [9.17, 15) is 21.6 Å². The molecule has 8 nitrogen and oxygen atoms in total. The van der Waals surface area contributed by atoms with Gasteiger partial charge in [-0.1, -0.05) is 6.07 Å². The lowest BCUT2D eigenvalue weighted by Crippen LogP contribution is -2.53. The van der Waals surface area contributed by atoms with Crippen LogP contribution in [-0.2, 0) is 37.5 Å². The molecule has 3 aliphatic heterocycles. The van der Waals surface area contributed by atoms with Crippen LogP contribution in [0.5, 0.6) is 0 Å². The van der Waals surface area contributed by atoms with Crippen LogP contribution in [0.3, 0.4) is 0 Å². The molecule has 3 fully saturated rings. The molecule has 1 atom stereocenters. The number of hydrogen-bond acceptors (Lipinski definition) is 6. The van der Waals surface area contributed by atoms with Gasteiger partial charge in [-0.3, -0.25) is 9.69 Å². The molecule has 3 heterocycles. The molecular formula is C23H33N3O5S2. The number of fused-ring (bicyclic) bond motifs is 1. The summed E-state index contributed by atoms with van der Waals surface area (Å²) in [7, 11) is -6.45. The Hall–Kier alpha value is -1.49. The van der Waals surface area contributed by atoms with Gasteiger partial charge in [-0.2, -0.15) is 4.31 Å². The van der Waals surface area contributed by atoms with E-state index in [4.69, 9.17) is 0 Å². The number of aryl methyl sites for hydroxylation is 2. The van der Waals surface area contributed by atoms with Crippen molar-refractivity contribution in [2.45, 2.75) is 49.5 Å². The summed E-state index contributed by atoms with van der Waals surface area (Å²) in [6, 6.07) is 5.60. The van der Waals surface area contributed by atoms with E-state index in [1.807, 2.05) is 17.0 Å². The molecule has 1 aromatic rings. The van der Waals surface area contributed by atoms with E-state index in [1.54, 1.807) is 6.07 Å². The summed E-state index contributed by atoms with van der Waals surface area (Å²) >= 11 is 0. The standard InChI is InChI=1S/C23H33N3O5S2/c27-23(19-6-9-24(10-7-19)21-8-15-32(28,29)17-21)25-11-13-26(14-12-25)33(30,31)22-5-4-18-2-1-3-20(18)16-22/h4-5,16,19,21H,1-3,6-15,17H2/t21-/m1/s1. The van der Waals surface area contributed by atoms with Gasteiger partial charge in [0.2, 0.25) is 15.9 Å². The molecule has 4 aliphatic rings. The topological polar surface area (TPSA) is 95.1 Å². The first-order chi connectivity index (χ1) is 15.7. The molecule has 0 saturated carbocycles. The third kappa shape index (κ3) is 4.72. The van der Waals surface area contributed by atoms with Crippen molar-refractivity contribution in [1.29, 1.82) is 0 Å². The summed E-state index contributed by atoms with van der Waals surface area (Å²) in [5.74, 6) is 0.573. The minimum Gasteiger partial charge on any atom is -0.340 e. The third-order valence-corrected chi connectivity index (χ3v) is 11.5. The number of carbonyl (C=O) groups is 1. The molecule has 0 spiro atoms. The Morgan fingerprint density at radius 3 is 2.27 bits per heavy atom. The molecule has 10 heteroatoms. The number of benzene rings is 1. The largest absolute Gasteiger partial charge is 0.340 e. The number of piperidine rings is 1. The van der Waals surface area contributed by atoms with Crippen molar-refractivity contribution in [3.05, 3.63) is 29.3 Å². The zero-order valence-electron chi connectivity index (χ0n) is 19.0. The van der Waals surface area contributed by atoms with Crippen molar-refractivity contribution in [2.24, 2.45) is 5.92 Å². The average Bonchev–Trinajstić information content (AvgIpc) is 3.44. The maximum Gasteiger partial charge on any atom is 0.243 e. The van der Waals surface area contributed by atoms with Crippen molar-refractivity contribution in [1.82, 2.24) is 14.1 Å². The number of hydrogen-bond donors (Lipinski definition) is 0. The van der Waals surface area contributed by atoms with Crippen molar-refractivity contribution in [3.63, 3.8) is 0 Å². The van der Waals surface area contributed by atoms with Gasteiger partial charge in [0.05, 0.1) is 16.4 Å². The zero-order valence-corrected chi connectivity index (χ0v) is 20.6. The van der Waals surface area contributed by atoms with E-state index >= 15 is 0 Å². The highest BCUT2D eigenvalue weighted by Crippen LogP contribution is 2.28. The van der Waals surface area contributed by atoms with Gasteiger partial charge in [0.15, 0.2) is 9.84 Å². The van der Waals surface area contributed by atoms with E-state index < -0.39 is 19.9 Å². The normalized spacial score (nSPS) is 27.0. The Labute approximate surface area is 196 Å². The van der Waals surface area contributed by atoms with Crippen molar-refractivity contribution in [3.8, 4) is 0 Å². The van der Waals surface area contributed by atoms with Gasteiger partial charge in [-0.15, -0.1) is 0 Å². The first-order valence-corrected chi connectivity index (χ1v) is 15.3. The molecule has 0 N–H and O–H groups in total. The maximum absolute atomic E-state index is 13.1. The molecule has 1 amide bonds. The maximum atomic E-state index is 13.1. The van der Waals surface area contributed by atoms with Crippen LogP contribution < -0.4 is 0 Å². The van der Waals surface area contributed by atoms with Gasteiger partial charge in [0.25, 0.3) is 0 Å². The molecule has 0 unspecified atom stereocenters. The summed E-state index contributed by atoms with van der Waals surface area (Å²) in [6.45, 7) is 2.99. The fourth-order valence-electron chi connectivity index (χ4n) is 5.84. The highest BCUT2D eigenvalue weighted by atomic mass is 32.2. The van der Waals surface area contributed by atoms with E-state index in [1.165, 1.54) is 9.87 Å². The van der Waals surface area contributed by atoms with Crippen molar-refractivity contribution >= 4 is 25.8 Å². The quantitative estimate of drug-likeness (QED) is 0.616. The van der Waals surface area contributed by atoms with Crippen LogP contribution in [-0.4, -0.2) is 93.7 Å². The Morgan fingerprint density at radius 1 is 0.909 bits per heavy atom. The van der Waals surface area contributed by atoms with Gasteiger partial charge >= 0.3 is 0 Å². The van der Waals surface area contributed by atoms with Gasteiger partial charge in [0.1, 0.15) is 0 Å². The van der Waals surface area contributed by atoms with E-state index in [0.29, 0.717) is 37.5 Å². The minimum atomic E-state index is -3.54. The lowest BCUT2D eigenvalue weighted by atomic mass is 9.94.